The van der Waals surface area contributed by atoms with Crippen LogP contribution in [0.5, 0.6) is 0 Å². The Morgan fingerprint density at radius 1 is 1.56 bits per heavy atom. The highest BCUT2D eigenvalue weighted by Gasteiger charge is 2.41. The molecule has 2 unspecified atom stereocenters. The Hall–Kier alpha value is -0.460. The van der Waals surface area contributed by atoms with E-state index in [0.717, 1.165) is 10.9 Å². The zero-order valence-corrected chi connectivity index (χ0v) is 11.6. The molecular weight excluding hydrogens is 282 g/mol. The van der Waals surface area contributed by atoms with Crippen molar-refractivity contribution < 1.29 is 0 Å². The molecule has 1 aliphatic rings. The molecule has 3 heteroatoms. The second kappa shape index (κ2) is 4.81. The van der Waals surface area contributed by atoms with Gasteiger partial charge >= 0.3 is 0 Å². The molecule has 0 amide bonds. The third-order valence-corrected chi connectivity index (χ3v) is 5.31. The van der Waals surface area contributed by atoms with Gasteiger partial charge in [-0.3, -0.25) is 0 Å². The minimum atomic E-state index is -0.208. The van der Waals surface area contributed by atoms with E-state index in [1.54, 1.807) is 11.8 Å². The summed E-state index contributed by atoms with van der Waals surface area (Å²) in [5, 5.41) is 9.44. The Labute approximate surface area is 109 Å². The van der Waals surface area contributed by atoms with E-state index in [4.69, 9.17) is 0 Å². The summed E-state index contributed by atoms with van der Waals surface area (Å²) in [6.45, 7) is 2.20. The topological polar surface area (TPSA) is 23.8 Å². The highest BCUT2D eigenvalue weighted by molar-refractivity contribution is 9.10. The second-order valence-corrected chi connectivity index (χ2v) is 6.67. The number of benzene rings is 1. The Kier molecular flexibility index (Phi) is 3.61. The zero-order valence-electron chi connectivity index (χ0n) is 9.24. The average Bonchev–Trinajstić information content (AvgIpc) is 2.61. The van der Waals surface area contributed by atoms with Gasteiger partial charge in [0, 0.05) is 9.37 Å². The SMILES string of the molecule is CC1CCCC1(C#N)Sc1cccc(Br)c1. The molecule has 0 saturated heterocycles. The standard InChI is InChI=1S/C13H14BrNS/c1-10-4-3-7-13(10,9-15)16-12-6-2-5-11(14)8-12/h2,5-6,8,10H,3-4,7H2,1H3. The van der Waals surface area contributed by atoms with E-state index in [2.05, 4.69) is 41.1 Å². The molecule has 2 rings (SSSR count). The summed E-state index contributed by atoms with van der Waals surface area (Å²) in [6.07, 6.45) is 3.37. The van der Waals surface area contributed by atoms with Gasteiger partial charge in [0.15, 0.2) is 0 Å². The summed E-state index contributed by atoms with van der Waals surface area (Å²) >= 11 is 5.20. The summed E-state index contributed by atoms with van der Waals surface area (Å²) < 4.78 is 0.872. The summed E-state index contributed by atoms with van der Waals surface area (Å²) in [6, 6.07) is 10.8. The number of nitrogens with zero attached hydrogens (tertiary/aromatic N) is 1. The van der Waals surface area contributed by atoms with Crippen molar-refractivity contribution >= 4 is 27.7 Å². The number of halogens is 1. The predicted molar refractivity (Wildman–Crippen MR) is 71.4 cm³/mol. The average molecular weight is 296 g/mol. The lowest BCUT2D eigenvalue weighted by Crippen LogP contribution is -2.25. The largest absolute Gasteiger partial charge is 0.197 e. The first kappa shape index (κ1) is 12.0. The van der Waals surface area contributed by atoms with Crippen molar-refractivity contribution in [3.63, 3.8) is 0 Å². The van der Waals surface area contributed by atoms with Gasteiger partial charge in [-0.25, -0.2) is 0 Å². The normalized spacial score (nSPS) is 28.9. The molecule has 16 heavy (non-hydrogen) atoms. The molecule has 0 aliphatic heterocycles. The van der Waals surface area contributed by atoms with Crippen LogP contribution < -0.4 is 0 Å². The predicted octanol–water partition coefficient (Wildman–Crippen LogP) is 4.62. The van der Waals surface area contributed by atoms with Crippen LogP contribution in [0, 0.1) is 17.2 Å². The van der Waals surface area contributed by atoms with Crippen LogP contribution in [0.3, 0.4) is 0 Å². The van der Waals surface area contributed by atoms with Gasteiger partial charge < -0.3 is 0 Å². The monoisotopic (exact) mass is 295 g/mol. The van der Waals surface area contributed by atoms with Gasteiger partial charge in [0.25, 0.3) is 0 Å². The van der Waals surface area contributed by atoms with Crippen LogP contribution in [0.25, 0.3) is 0 Å². The van der Waals surface area contributed by atoms with E-state index < -0.39 is 0 Å². The maximum atomic E-state index is 9.44. The minimum absolute atomic E-state index is 0.208. The van der Waals surface area contributed by atoms with E-state index >= 15 is 0 Å². The molecule has 0 aromatic heterocycles. The molecule has 1 nitrogen and oxygen atoms in total. The van der Waals surface area contributed by atoms with Crippen molar-refractivity contribution in [3.05, 3.63) is 28.7 Å². The minimum Gasteiger partial charge on any atom is -0.197 e. The fourth-order valence-electron chi connectivity index (χ4n) is 2.23. The van der Waals surface area contributed by atoms with Gasteiger partial charge in [-0.15, -0.1) is 11.8 Å². The first-order valence-electron chi connectivity index (χ1n) is 5.52. The van der Waals surface area contributed by atoms with Crippen LogP contribution in [-0.4, -0.2) is 4.75 Å². The summed E-state index contributed by atoms with van der Waals surface area (Å²) in [7, 11) is 0. The Bertz CT molecular complexity index is 426. The van der Waals surface area contributed by atoms with Gasteiger partial charge in [0.05, 0.1) is 6.07 Å². The number of hydrogen-bond donors (Lipinski definition) is 0. The van der Waals surface area contributed by atoms with E-state index in [1.807, 2.05) is 12.1 Å². The smallest absolute Gasteiger partial charge is 0.110 e. The van der Waals surface area contributed by atoms with Crippen LogP contribution in [0.4, 0.5) is 0 Å². The first-order chi connectivity index (χ1) is 7.66. The Morgan fingerprint density at radius 3 is 2.94 bits per heavy atom. The highest BCUT2D eigenvalue weighted by atomic mass is 79.9. The number of nitriles is 1. The van der Waals surface area contributed by atoms with E-state index in [-0.39, 0.29) is 4.75 Å². The number of rotatable bonds is 2. The van der Waals surface area contributed by atoms with Crippen molar-refractivity contribution in [1.29, 1.82) is 5.26 Å². The van der Waals surface area contributed by atoms with Gasteiger partial charge in [-0.2, -0.15) is 5.26 Å². The van der Waals surface area contributed by atoms with Crippen LogP contribution in [0.2, 0.25) is 0 Å². The van der Waals surface area contributed by atoms with Crippen molar-refractivity contribution in [2.45, 2.75) is 35.8 Å². The molecule has 0 spiro atoms. The summed E-state index contributed by atoms with van der Waals surface area (Å²) in [4.78, 5) is 1.18. The fourth-order valence-corrected chi connectivity index (χ4v) is 4.15. The van der Waals surface area contributed by atoms with Gasteiger partial charge in [0.2, 0.25) is 0 Å². The maximum Gasteiger partial charge on any atom is 0.110 e. The quantitative estimate of drug-likeness (QED) is 0.795. The van der Waals surface area contributed by atoms with E-state index in [9.17, 15) is 5.26 Å². The molecule has 84 valence electrons. The van der Waals surface area contributed by atoms with Crippen molar-refractivity contribution in [3.8, 4) is 6.07 Å². The second-order valence-electron chi connectivity index (χ2n) is 4.35. The lowest BCUT2D eigenvalue weighted by atomic mass is 9.99. The van der Waals surface area contributed by atoms with Gasteiger partial charge in [-0.1, -0.05) is 35.3 Å². The third-order valence-electron chi connectivity index (χ3n) is 3.27. The maximum absolute atomic E-state index is 9.44. The van der Waals surface area contributed by atoms with Crippen molar-refractivity contribution in [2.75, 3.05) is 0 Å². The van der Waals surface area contributed by atoms with E-state index in [0.29, 0.717) is 5.92 Å². The van der Waals surface area contributed by atoms with Gasteiger partial charge in [0.1, 0.15) is 4.75 Å². The molecule has 1 fully saturated rings. The van der Waals surface area contributed by atoms with Crippen LogP contribution in [0.1, 0.15) is 26.2 Å². The molecule has 1 aliphatic carbocycles. The molecule has 1 aromatic rings. The van der Waals surface area contributed by atoms with Gasteiger partial charge in [-0.05, 0) is 37.0 Å². The zero-order chi connectivity index (χ0) is 11.6. The molecule has 0 N–H and O–H groups in total. The van der Waals surface area contributed by atoms with Crippen LogP contribution in [-0.2, 0) is 0 Å². The molecule has 0 heterocycles. The number of thioether (sulfide) groups is 1. The van der Waals surface area contributed by atoms with Crippen molar-refractivity contribution in [2.24, 2.45) is 5.92 Å². The highest BCUT2D eigenvalue weighted by Crippen LogP contribution is 2.48. The molecule has 1 aromatic carbocycles. The Balaban J connectivity index is 2.23. The molecule has 0 radical (unpaired) electrons. The third kappa shape index (κ3) is 2.28. The number of hydrogen-bond acceptors (Lipinski definition) is 2. The van der Waals surface area contributed by atoms with E-state index in [1.165, 1.54) is 17.7 Å². The lowest BCUT2D eigenvalue weighted by Gasteiger charge is -2.25. The summed E-state index contributed by atoms with van der Waals surface area (Å²) in [5.41, 5.74) is 0. The van der Waals surface area contributed by atoms with Crippen molar-refractivity contribution in [1.82, 2.24) is 0 Å². The first-order valence-corrected chi connectivity index (χ1v) is 7.13. The summed E-state index contributed by atoms with van der Waals surface area (Å²) in [5.74, 6) is 0.487. The fraction of sp³-hybridized carbons (Fsp3) is 0.462. The molecule has 2 atom stereocenters. The molecule has 1 saturated carbocycles. The Morgan fingerprint density at radius 2 is 2.38 bits per heavy atom. The van der Waals surface area contributed by atoms with Crippen LogP contribution >= 0.6 is 27.7 Å². The van der Waals surface area contributed by atoms with Crippen LogP contribution in [0.15, 0.2) is 33.6 Å². The molecule has 0 bridgehead atoms. The lowest BCUT2D eigenvalue weighted by molar-refractivity contribution is 0.554. The molecular formula is C13H14BrNS.